The van der Waals surface area contributed by atoms with E-state index in [0.717, 1.165) is 18.7 Å². The number of rotatable bonds is 4. The van der Waals surface area contributed by atoms with Crippen molar-refractivity contribution in [3.63, 3.8) is 0 Å². The van der Waals surface area contributed by atoms with E-state index in [1.807, 2.05) is 11.0 Å². The van der Waals surface area contributed by atoms with E-state index in [4.69, 9.17) is 27.9 Å². The van der Waals surface area contributed by atoms with Gasteiger partial charge in [0.15, 0.2) is 0 Å². The molecule has 2 aliphatic heterocycles. The lowest BCUT2D eigenvalue weighted by molar-refractivity contribution is -0.137. The Morgan fingerprint density at radius 2 is 1.86 bits per heavy atom. The Hall–Kier alpha value is -1.50. The molecule has 0 radical (unpaired) electrons. The molecule has 2 atom stereocenters. The van der Waals surface area contributed by atoms with Crippen molar-refractivity contribution in [2.75, 3.05) is 39.8 Å². The molecule has 2 fully saturated rings. The number of piperazine rings is 1. The van der Waals surface area contributed by atoms with Gasteiger partial charge in [0.1, 0.15) is 0 Å². The maximum atomic E-state index is 13.1. The Balaban J connectivity index is 1.76. The van der Waals surface area contributed by atoms with Gasteiger partial charge in [-0.15, -0.1) is 0 Å². The van der Waals surface area contributed by atoms with Crippen LogP contribution >= 0.6 is 23.2 Å². The van der Waals surface area contributed by atoms with Crippen LogP contribution in [0, 0.1) is 0 Å². The molecule has 0 saturated carbocycles. The normalized spacial score (nSPS) is 21.6. The number of carbonyl (C=O) groups excluding carboxylic acids is 2. The molecule has 6 nitrogen and oxygen atoms in total. The third-order valence-electron chi connectivity index (χ3n) is 5.78. The van der Waals surface area contributed by atoms with Gasteiger partial charge in [0, 0.05) is 25.7 Å². The average molecular weight is 428 g/mol. The molecule has 2 heterocycles. The topological polar surface area (TPSA) is 53.1 Å². The Morgan fingerprint density at radius 1 is 1.14 bits per heavy atom. The van der Waals surface area contributed by atoms with E-state index in [2.05, 4.69) is 11.8 Å². The standard InChI is InChI=1S/C20H27Cl2N3O3/c1-14(23-7-3-4-8-23)18-13-24(20(27)28-2)9-10-25(18)19(26)12-15-5-6-16(21)17(22)11-15/h5-6,11,14,18H,3-4,7-10,12-13H2,1-2H3/t14-,18+/m0/s1. The highest BCUT2D eigenvalue weighted by Crippen LogP contribution is 2.25. The Labute approximate surface area is 176 Å². The van der Waals surface area contributed by atoms with Crippen LogP contribution in [0.25, 0.3) is 0 Å². The molecule has 2 saturated heterocycles. The molecule has 1 aromatic carbocycles. The van der Waals surface area contributed by atoms with Crippen molar-refractivity contribution < 1.29 is 14.3 Å². The van der Waals surface area contributed by atoms with E-state index in [9.17, 15) is 9.59 Å². The van der Waals surface area contributed by atoms with E-state index >= 15 is 0 Å². The van der Waals surface area contributed by atoms with Gasteiger partial charge in [-0.05, 0) is 50.6 Å². The molecular weight excluding hydrogens is 401 g/mol. The molecular formula is C20H27Cl2N3O3. The largest absolute Gasteiger partial charge is 0.453 e. The van der Waals surface area contributed by atoms with Crippen molar-refractivity contribution in [2.45, 2.75) is 38.3 Å². The number of ether oxygens (including phenoxy) is 1. The summed E-state index contributed by atoms with van der Waals surface area (Å²) in [4.78, 5) is 31.2. The zero-order chi connectivity index (χ0) is 20.3. The molecule has 0 spiro atoms. The lowest BCUT2D eigenvalue weighted by atomic mass is 10.0. The smallest absolute Gasteiger partial charge is 0.409 e. The summed E-state index contributed by atoms with van der Waals surface area (Å²) in [6.07, 6.45) is 2.28. The summed E-state index contributed by atoms with van der Waals surface area (Å²) in [7, 11) is 1.39. The van der Waals surface area contributed by atoms with Crippen LogP contribution in [0.5, 0.6) is 0 Å². The van der Waals surface area contributed by atoms with Crippen LogP contribution in [0.2, 0.25) is 10.0 Å². The lowest BCUT2D eigenvalue weighted by Gasteiger charge is -2.45. The summed E-state index contributed by atoms with van der Waals surface area (Å²) in [5, 5.41) is 0.926. The highest BCUT2D eigenvalue weighted by atomic mass is 35.5. The Bertz CT molecular complexity index is 725. The second-order valence-electron chi connectivity index (χ2n) is 7.48. The molecule has 1 aromatic rings. The van der Waals surface area contributed by atoms with Crippen molar-refractivity contribution in [3.05, 3.63) is 33.8 Å². The molecule has 2 amide bonds. The molecule has 0 aromatic heterocycles. The fraction of sp³-hybridized carbons (Fsp3) is 0.600. The van der Waals surface area contributed by atoms with E-state index in [1.54, 1.807) is 17.0 Å². The van der Waals surface area contributed by atoms with Crippen LogP contribution in [-0.4, -0.2) is 78.6 Å². The average Bonchev–Trinajstić information content (AvgIpc) is 3.24. The quantitative estimate of drug-likeness (QED) is 0.739. The van der Waals surface area contributed by atoms with E-state index < -0.39 is 0 Å². The van der Waals surface area contributed by atoms with E-state index in [1.165, 1.54) is 20.0 Å². The molecule has 0 N–H and O–H groups in total. The summed E-state index contributed by atoms with van der Waals surface area (Å²) >= 11 is 12.1. The first-order chi connectivity index (χ1) is 13.4. The molecule has 0 bridgehead atoms. The van der Waals surface area contributed by atoms with Crippen LogP contribution in [0.15, 0.2) is 18.2 Å². The lowest BCUT2D eigenvalue weighted by Crippen LogP contribution is -2.62. The molecule has 8 heteroatoms. The van der Waals surface area contributed by atoms with Gasteiger partial charge in [-0.3, -0.25) is 9.69 Å². The maximum Gasteiger partial charge on any atom is 0.409 e. The molecule has 3 rings (SSSR count). The molecule has 154 valence electrons. The van der Waals surface area contributed by atoms with Crippen molar-refractivity contribution in [2.24, 2.45) is 0 Å². The number of carbonyl (C=O) groups is 2. The molecule has 2 aliphatic rings. The number of methoxy groups -OCH3 is 1. The Kier molecular flexibility index (Phi) is 7.07. The number of amides is 2. The van der Waals surface area contributed by atoms with Gasteiger partial charge in [0.05, 0.1) is 29.6 Å². The molecule has 28 heavy (non-hydrogen) atoms. The summed E-state index contributed by atoms with van der Waals surface area (Å²) in [5.74, 6) is 0.0407. The van der Waals surface area contributed by atoms with Gasteiger partial charge < -0.3 is 14.5 Å². The minimum Gasteiger partial charge on any atom is -0.453 e. The van der Waals surface area contributed by atoms with Gasteiger partial charge in [-0.25, -0.2) is 4.79 Å². The van der Waals surface area contributed by atoms with Gasteiger partial charge in [-0.1, -0.05) is 29.3 Å². The van der Waals surface area contributed by atoms with Crippen molar-refractivity contribution >= 4 is 35.2 Å². The zero-order valence-corrected chi connectivity index (χ0v) is 17.9. The van der Waals surface area contributed by atoms with Crippen molar-refractivity contribution in [1.82, 2.24) is 14.7 Å². The van der Waals surface area contributed by atoms with Crippen molar-refractivity contribution in [3.8, 4) is 0 Å². The second kappa shape index (κ2) is 9.33. The van der Waals surface area contributed by atoms with Crippen LogP contribution in [-0.2, 0) is 16.0 Å². The van der Waals surface area contributed by atoms with Crippen LogP contribution < -0.4 is 0 Å². The van der Waals surface area contributed by atoms with Crippen molar-refractivity contribution in [1.29, 1.82) is 0 Å². The van der Waals surface area contributed by atoms with Gasteiger partial charge >= 0.3 is 6.09 Å². The highest BCUT2D eigenvalue weighted by Gasteiger charge is 2.38. The third-order valence-corrected chi connectivity index (χ3v) is 6.52. The first-order valence-corrected chi connectivity index (χ1v) is 10.5. The maximum absolute atomic E-state index is 13.1. The first-order valence-electron chi connectivity index (χ1n) is 9.71. The Morgan fingerprint density at radius 3 is 2.50 bits per heavy atom. The SMILES string of the molecule is COC(=O)N1CCN(C(=O)Cc2ccc(Cl)c(Cl)c2)[C@@H]([C@H](C)N2CCCC2)C1. The fourth-order valence-electron chi connectivity index (χ4n) is 4.15. The summed E-state index contributed by atoms with van der Waals surface area (Å²) in [5.41, 5.74) is 0.836. The first kappa shape index (κ1) is 21.2. The monoisotopic (exact) mass is 427 g/mol. The van der Waals surface area contributed by atoms with Gasteiger partial charge in [-0.2, -0.15) is 0 Å². The highest BCUT2D eigenvalue weighted by molar-refractivity contribution is 6.42. The predicted molar refractivity (Wildman–Crippen MR) is 110 cm³/mol. The summed E-state index contributed by atoms with van der Waals surface area (Å²) < 4.78 is 4.90. The zero-order valence-electron chi connectivity index (χ0n) is 16.4. The summed E-state index contributed by atoms with van der Waals surface area (Å²) in [6.45, 7) is 5.67. The van der Waals surface area contributed by atoms with Gasteiger partial charge in [0.25, 0.3) is 0 Å². The second-order valence-corrected chi connectivity index (χ2v) is 8.29. The fourth-order valence-corrected chi connectivity index (χ4v) is 4.47. The minimum atomic E-state index is -0.338. The van der Waals surface area contributed by atoms with E-state index in [-0.39, 0.29) is 30.5 Å². The van der Waals surface area contributed by atoms with Crippen LogP contribution in [0.1, 0.15) is 25.3 Å². The number of nitrogens with zero attached hydrogens (tertiary/aromatic N) is 3. The third kappa shape index (κ3) is 4.73. The van der Waals surface area contributed by atoms with Crippen LogP contribution in [0.3, 0.4) is 0 Å². The number of halogens is 2. The number of likely N-dealkylation sites (tertiary alicyclic amines) is 1. The minimum absolute atomic E-state index is 0.0407. The predicted octanol–water partition coefficient (Wildman–Crippen LogP) is 3.30. The number of hydrogen-bond acceptors (Lipinski definition) is 4. The van der Waals surface area contributed by atoms with Gasteiger partial charge in [0.2, 0.25) is 5.91 Å². The van der Waals surface area contributed by atoms with Crippen LogP contribution in [0.4, 0.5) is 4.79 Å². The number of benzene rings is 1. The molecule has 0 aliphatic carbocycles. The van der Waals surface area contributed by atoms with E-state index in [0.29, 0.717) is 29.7 Å². The molecule has 0 unspecified atom stereocenters. The summed E-state index contributed by atoms with van der Waals surface area (Å²) in [6, 6.07) is 5.39. The number of hydrogen-bond donors (Lipinski definition) is 0.